The zero-order valence-corrected chi connectivity index (χ0v) is 15.0. The van der Waals surface area contributed by atoms with Gasteiger partial charge >= 0.3 is 6.18 Å². The number of pyridine rings is 1. The van der Waals surface area contributed by atoms with E-state index in [1.54, 1.807) is 4.90 Å². The number of sulfonamides is 1. The summed E-state index contributed by atoms with van der Waals surface area (Å²) in [4.78, 5) is 4.30. The van der Waals surface area contributed by atoms with Gasteiger partial charge < -0.3 is 0 Å². The van der Waals surface area contributed by atoms with Gasteiger partial charge in [-0.05, 0) is 30.7 Å². The molecule has 0 spiro atoms. The first-order valence-corrected chi connectivity index (χ1v) is 9.71. The molecule has 27 heavy (non-hydrogen) atoms. The van der Waals surface area contributed by atoms with Crippen molar-refractivity contribution in [2.75, 3.05) is 31.1 Å². The molecule has 0 radical (unpaired) electrons. The van der Waals surface area contributed by atoms with Crippen molar-refractivity contribution in [2.45, 2.75) is 17.5 Å². The van der Waals surface area contributed by atoms with Gasteiger partial charge in [-0.3, -0.25) is 4.90 Å². The van der Waals surface area contributed by atoms with Crippen LogP contribution in [0.15, 0.2) is 47.5 Å². The lowest BCUT2D eigenvalue weighted by Gasteiger charge is -2.19. The van der Waals surface area contributed by atoms with Gasteiger partial charge in [-0.2, -0.15) is 17.5 Å². The molecule has 1 N–H and O–H groups in total. The Morgan fingerprint density at radius 3 is 2.41 bits per heavy atom. The van der Waals surface area contributed by atoms with Crippen molar-refractivity contribution in [1.82, 2.24) is 4.31 Å². The van der Waals surface area contributed by atoms with Gasteiger partial charge in [0.25, 0.3) is 5.82 Å². The Bertz CT molecular complexity index is 901. The second-order valence-electron chi connectivity index (χ2n) is 6.16. The van der Waals surface area contributed by atoms with E-state index in [4.69, 9.17) is 0 Å². The largest absolute Gasteiger partial charge is 0.419 e. The fourth-order valence-electron chi connectivity index (χ4n) is 2.94. The van der Waals surface area contributed by atoms with Crippen molar-refractivity contribution < 1.29 is 31.0 Å². The number of nitrogens with zero attached hydrogens (tertiary/aromatic N) is 2. The summed E-state index contributed by atoms with van der Waals surface area (Å²) in [6, 6.07) is 7.14. The van der Waals surface area contributed by atoms with Crippen LogP contribution < -0.4 is 9.88 Å². The minimum Gasteiger partial charge on any atom is -0.260 e. The number of H-pyrrole nitrogens is 1. The maximum atomic E-state index is 13.4. The summed E-state index contributed by atoms with van der Waals surface area (Å²) in [7, 11) is -3.83. The molecule has 2 heterocycles. The standard InChI is InChI=1S/C17H17F4N3O2S/c18-14-3-1-4-15(11-14)27(25,26)24-8-2-7-23(9-10-24)16-6-5-13(12-22-16)17(19,20)21/h1,3-6,11-12H,2,7-10H2/p+1. The van der Waals surface area contributed by atoms with Crippen LogP contribution in [0.4, 0.5) is 23.4 Å². The predicted molar refractivity (Wildman–Crippen MR) is 90.0 cm³/mol. The Balaban J connectivity index is 1.74. The van der Waals surface area contributed by atoms with Crippen LogP contribution in [0.5, 0.6) is 0 Å². The number of nitrogens with one attached hydrogen (secondary N) is 1. The summed E-state index contributed by atoms with van der Waals surface area (Å²) >= 11 is 0. The zero-order chi connectivity index (χ0) is 19.7. The van der Waals surface area contributed by atoms with Gasteiger partial charge in [0.15, 0.2) is 0 Å². The molecular weight excluding hydrogens is 386 g/mol. The third kappa shape index (κ3) is 4.38. The topological polar surface area (TPSA) is 54.8 Å². The second-order valence-corrected chi connectivity index (χ2v) is 8.10. The molecule has 1 fully saturated rings. The Kier molecular flexibility index (Phi) is 5.38. The highest BCUT2D eigenvalue weighted by Gasteiger charge is 2.33. The van der Waals surface area contributed by atoms with Crippen LogP contribution in [0.1, 0.15) is 12.0 Å². The number of hydrogen-bond acceptors (Lipinski definition) is 3. The van der Waals surface area contributed by atoms with Gasteiger partial charge in [-0.15, -0.1) is 0 Å². The third-order valence-corrected chi connectivity index (χ3v) is 6.25. The van der Waals surface area contributed by atoms with Crippen LogP contribution >= 0.6 is 0 Å². The summed E-state index contributed by atoms with van der Waals surface area (Å²) in [6.45, 7) is 1.18. The number of anilines is 1. The first kappa shape index (κ1) is 19.6. The number of halogens is 4. The average Bonchev–Trinajstić information content (AvgIpc) is 2.88. The molecule has 0 aliphatic carbocycles. The predicted octanol–water partition coefficient (Wildman–Crippen LogP) is 2.56. The molecule has 3 rings (SSSR count). The van der Waals surface area contributed by atoms with Crippen LogP contribution in [-0.2, 0) is 16.2 Å². The van der Waals surface area contributed by atoms with E-state index < -0.39 is 27.6 Å². The van der Waals surface area contributed by atoms with Crippen LogP contribution in [0.25, 0.3) is 0 Å². The molecule has 1 aromatic heterocycles. The smallest absolute Gasteiger partial charge is 0.260 e. The van der Waals surface area contributed by atoms with Gasteiger partial charge in [0, 0.05) is 12.6 Å². The third-order valence-electron chi connectivity index (χ3n) is 4.35. The molecule has 5 nitrogen and oxygen atoms in total. The molecule has 0 unspecified atom stereocenters. The Morgan fingerprint density at radius 1 is 1.00 bits per heavy atom. The highest BCUT2D eigenvalue weighted by molar-refractivity contribution is 7.89. The molecule has 0 atom stereocenters. The van der Waals surface area contributed by atoms with E-state index in [1.807, 2.05) is 0 Å². The fraction of sp³-hybridized carbons (Fsp3) is 0.353. The number of rotatable bonds is 3. The Morgan fingerprint density at radius 2 is 1.78 bits per heavy atom. The van der Waals surface area contributed by atoms with Crippen molar-refractivity contribution in [3.05, 3.63) is 54.0 Å². The van der Waals surface area contributed by atoms with Gasteiger partial charge in [0.2, 0.25) is 10.0 Å². The second kappa shape index (κ2) is 7.43. The Hall–Kier alpha value is -2.20. The van der Waals surface area contributed by atoms with E-state index in [0.717, 1.165) is 18.3 Å². The number of hydrogen-bond donors (Lipinski definition) is 0. The van der Waals surface area contributed by atoms with Gasteiger partial charge in [-0.25, -0.2) is 17.8 Å². The number of alkyl halides is 3. The number of benzene rings is 1. The van der Waals surface area contributed by atoms with E-state index in [0.29, 0.717) is 25.3 Å². The fourth-order valence-corrected chi connectivity index (χ4v) is 4.44. The zero-order valence-electron chi connectivity index (χ0n) is 14.2. The van der Waals surface area contributed by atoms with Crippen molar-refractivity contribution in [2.24, 2.45) is 0 Å². The summed E-state index contributed by atoms with van der Waals surface area (Å²) in [6.07, 6.45) is -3.05. The van der Waals surface area contributed by atoms with Crippen LogP contribution in [0.2, 0.25) is 0 Å². The van der Waals surface area contributed by atoms with E-state index >= 15 is 0 Å². The molecule has 146 valence electrons. The first-order chi connectivity index (χ1) is 12.7. The molecule has 1 aliphatic heterocycles. The molecule has 0 saturated carbocycles. The van der Waals surface area contributed by atoms with Crippen LogP contribution in [-0.4, -0.2) is 38.9 Å². The minimum absolute atomic E-state index is 0.114. The molecular formula is C17H18F4N3O2S+. The molecule has 0 amide bonds. The lowest BCUT2D eigenvalue weighted by molar-refractivity contribution is -0.367. The molecule has 1 saturated heterocycles. The maximum absolute atomic E-state index is 13.4. The monoisotopic (exact) mass is 404 g/mol. The van der Waals surface area contributed by atoms with Gasteiger partial charge in [-0.1, -0.05) is 6.07 Å². The van der Waals surface area contributed by atoms with Gasteiger partial charge in [0.1, 0.15) is 12.0 Å². The van der Waals surface area contributed by atoms with E-state index in [2.05, 4.69) is 4.98 Å². The highest BCUT2D eigenvalue weighted by atomic mass is 32.2. The highest BCUT2D eigenvalue weighted by Crippen LogP contribution is 2.28. The maximum Gasteiger partial charge on any atom is 0.419 e. The summed E-state index contributed by atoms with van der Waals surface area (Å²) in [5.74, 6) is -0.153. The Labute approximate surface area is 154 Å². The van der Waals surface area contributed by atoms with Crippen LogP contribution in [0, 0.1) is 5.82 Å². The average molecular weight is 404 g/mol. The van der Waals surface area contributed by atoms with Crippen LogP contribution in [0.3, 0.4) is 0 Å². The normalized spacial score (nSPS) is 17.0. The summed E-state index contributed by atoms with van der Waals surface area (Å²) < 4.78 is 78.0. The van der Waals surface area contributed by atoms with E-state index in [1.165, 1.54) is 28.6 Å². The first-order valence-electron chi connectivity index (χ1n) is 8.27. The van der Waals surface area contributed by atoms with Crippen molar-refractivity contribution >= 4 is 15.8 Å². The SMILES string of the molecule is O=S(=O)(c1cccc(F)c1)N1CCCN(c2ccc(C(F)(F)F)c[nH+]2)CC1. The minimum atomic E-state index is -4.43. The van der Waals surface area contributed by atoms with Crippen molar-refractivity contribution in [1.29, 1.82) is 0 Å². The molecule has 0 bridgehead atoms. The van der Waals surface area contributed by atoms with Crippen molar-refractivity contribution in [3.63, 3.8) is 0 Å². The quantitative estimate of drug-likeness (QED) is 0.739. The number of aromatic amines is 1. The lowest BCUT2D eigenvalue weighted by Crippen LogP contribution is -2.36. The lowest BCUT2D eigenvalue weighted by atomic mass is 10.2. The number of aromatic nitrogens is 1. The molecule has 2 aromatic rings. The molecule has 1 aromatic carbocycles. The summed E-state index contributed by atoms with van der Waals surface area (Å²) in [5.41, 5.74) is -0.781. The van der Waals surface area contributed by atoms with E-state index in [-0.39, 0.29) is 18.0 Å². The summed E-state index contributed by atoms with van der Waals surface area (Å²) in [5, 5.41) is 0. The van der Waals surface area contributed by atoms with E-state index in [9.17, 15) is 26.0 Å². The van der Waals surface area contributed by atoms with Crippen molar-refractivity contribution in [3.8, 4) is 0 Å². The molecule has 10 heteroatoms. The molecule has 1 aliphatic rings. The van der Waals surface area contributed by atoms with Gasteiger partial charge in [0.05, 0.1) is 30.1 Å².